The quantitative estimate of drug-likeness (QED) is 0.787. The molecule has 0 bridgehead atoms. The van der Waals surface area contributed by atoms with Gasteiger partial charge in [-0.2, -0.15) is 0 Å². The van der Waals surface area contributed by atoms with Crippen LogP contribution in [0.2, 0.25) is 5.02 Å². The van der Waals surface area contributed by atoms with Gasteiger partial charge in [0.05, 0.1) is 11.7 Å². The summed E-state index contributed by atoms with van der Waals surface area (Å²) in [5.41, 5.74) is 1.68. The standard InChI is InChI=1S/C18H15ClN2O3/c1-20-17(22)14-15(11-5-3-2-4-6-11)21(24-16(14)18(20)23)13-9-7-12(19)8-10-13/h2-10,14-16H,1H3/t14-,15+,16+/m1/s1. The number of halogens is 1. The number of hydroxylamine groups is 1. The van der Waals surface area contributed by atoms with Crippen molar-refractivity contribution in [3.05, 3.63) is 65.2 Å². The molecule has 24 heavy (non-hydrogen) atoms. The first-order valence-electron chi connectivity index (χ1n) is 7.66. The van der Waals surface area contributed by atoms with Crippen LogP contribution in [0.15, 0.2) is 54.6 Å². The molecule has 0 N–H and O–H groups in total. The molecule has 2 fully saturated rings. The summed E-state index contributed by atoms with van der Waals surface area (Å²) in [6.45, 7) is 0. The first-order valence-corrected chi connectivity index (χ1v) is 8.03. The lowest BCUT2D eigenvalue weighted by molar-refractivity contribution is -0.141. The van der Waals surface area contributed by atoms with E-state index < -0.39 is 12.0 Å². The Morgan fingerprint density at radius 3 is 2.29 bits per heavy atom. The van der Waals surface area contributed by atoms with E-state index in [2.05, 4.69) is 0 Å². The lowest BCUT2D eigenvalue weighted by Crippen LogP contribution is -2.34. The molecule has 2 aromatic rings. The number of benzene rings is 2. The Bertz CT molecular complexity index is 794. The molecule has 0 radical (unpaired) electrons. The van der Waals surface area contributed by atoms with Crippen molar-refractivity contribution in [2.75, 3.05) is 12.1 Å². The summed E-state index contributed by atoms with van der Waals surface area (Å²) in [5.74, 6) is -1.07. The summed E-state index contributed by atoms with van der Waals surface area (Å²) in [5, 5.41) is 2.27. The van der Waals surface area contributed by atoms with Gasteiger partial charge in [-0.25, -0.2) is 5.06 Å². The van der Waals surface area contributed by atoms with Crippen molar-refractivity contribution in [2.45, 2.75) is 12.1 Å². The van der Waals surface area contributed by atoms with Crippen LogP contribution in [0, 0.1) is 5.92 Å². The Morgan fingerprint density at radius 1 is 0.958 bits per heavy atom. The molecule has 0 unspecified atom stereocenters. The van der Waals surface area contributed by atoms with Crippen LogP contribution in [0.4, 0.5) is 5.69 Å². The van der Waals surface area contributed by atoms with Crippen molar-refractivity contribution in [3.8, 4) is 0 Å². The molecule has 2 aliphatic rings. The summed E-state index contributed by atoms with van der Waals surface area (Å²) < 4.78 is 0. The van der Waals surface area contributed by atoms with Gasteiger partial charge < -0.3 is 0 Å². The van der Waals surface area contributed by atoms with Crippen LogP contribution in [0.5, 0.6) is 0 Å². The number of fused-ring (bicyclic) bond motifs is 1. The van der Waals surface area contributed by atoms with E-state index in [1.54, 1.807) is 17.2 Å². The van der Waals surface area contributed by atoms with Crippen molar-refractivity contribution < 1.29 is 14.4 Å². The van der Waals surface area contributed by atoms with Crippen LogP contribution in [-0.4, -0.2) is 29.9 Å². The fraction of sp³-hybridized carbons (Fsp3) is 0.222. The SMILES string of the molecule is CN1C(=O)[C@H]2[C@H](ON(c3ccc(Cl)cc3)[C@H]2c2ccccc2)C1=O. The topological polar surface area (TPSA) is 49.9 Å². The molecule has 0 aliphatic carbocycles. The fourth-order valence-corrected chi connectivity index (χ4v) is 3.48. The molecule has 2 heterocycles. The average Bonchev–Trinajstić information content (AvgIpc) is 3.09. The maximum Gasteiger partial charge on any atom is 0.261 e. The maximum atomic E-state index is 12.6. The zero-order valence-corrected chi connectivity index (χ0v) is 13.7. The molecule has 3 atom stereocenters. The van der Waals surface area contributed by atoms with Gasteiger partial charge in [-0.05, 0) is 29.8 Å². The lowest BCUT2D eigenvalue weighted by atomic mass is 9.90. The van der Waals surface area contributed by atoms with Crippen LogP contribution in [-0.2, 0) is 14.4 Å². The van der Waals surface area contributed by atoms with Crippen LogP contribution in [0.1, 0.15) is 11.6 Å². The van der Waals surface area contributed by atoms with Gasteiger partial charge in [0.25, 0.3) is 5.91 Å². The second-order valence-electron chi connectivity index (χ2n) is 5.95. The third kappa shape index (κ3) is 2.20. The van der Waals surface area contributed by atoms with Gasteiger partial charge in [0, 0.05) is 12.1 Å². The van der Waals surface area contributed by atoms with Gasteiger partial charge >= 0.3 is 0 Å². The Morgan fingerprint density at radius 2 is 1.62 bits per heavy atom. The van der Waals surface area contributed by atoms with E-state index in [-0.39, 0.29) is 17.9 Å². The summed E-state index contributed by atoms with van der Waals surface area (Å²) in [6.07, 6.45) is -0.789. The molecule has 2 aliphatic heterocycles. The maximum absolute atomic E-state index is 12.6. The predicted octanol–water partition coefficient (Wildman–Crippen LogP) is 2.82. The molecule has 2 saturated heterocycles. The third-order valence-corrected chi connectivity index (χ3v) is 4.81. The number of hydrogen-bond donors (Lipinski definition) is 0. The highest BCUT2D eigenvalue weighted by Gasteiger charge is 2.58. The van der Waals surface area contributed by atoms with Crippen molar-refractivity contribution in [1.82, 2.24) is 4.90 Å². The van der Waals surface area contributed by atoms with Crippen molar-refractivity contribution in [2.24, 2.45) is 5.92 Å². The number of likely N-dealkylation sites (tertiary alicyclic amines) is 1. The molecule has 6 heteroatoms. The Labute approximate surface area is 144 Å². The number of nitrogens with zero attached hydrogens (tertiary/aromatic N) is 2. The van der Waals surface area contributed by atoms with Crippen molar-refractivity contribution in [3.63, 3.8) is 0 Å². The van der Waals surface area contributed by atoms with E-state index in [0.29, 0.717) is 5.02 Å². The van der Waals surface area contributed by atoms with E-state index in [0.717, 1.165) is 16.2 Å². The number of imide groups is 1. The predicted molar refractivity (Wildman–Crippen MR) is 89.3 cm³/mol. The zero-order chi connectivity index (χ0) is 16.8. The zero-order valence-electron chi connectivity index (χ0n) is 12.9. The number of carbonyl (C=O) groups is 2. The van der Waals surface area contributed by atoms with Crippen LogP contribution < -0.4 is 5.06 Å². The number of hydrogen-bond acceptors (Lipinski definition) is 4. The fourth-order valence-electron chi connectivity index (χ4n) is 3.35. The number of amides is 2. The minimum atomic E-state index is -0.789. The molecule has 0 aromatic heterocycles. The summed E-state index contributed by atoms with van der Waals surface area (Å²) in [4.78, 5) is 32.0. The molecule has 122 valence electrons. The van der Waals surface area contributed by atoms with Crippen LogP contribution in [0.25, 0.3) is 0 Å². The van der Waals surface area contributed by atoms with Gasteiger partial charge in [-0.1, -0.05) is 41.9 Å². The van der Waals surface area contributed by atoms with Gasteiger partial charge in [-0.3, -0.25) is 19.3 Å². The highest BCUT2D eigenvalue weighted by molar-refractivity contribution is 6.30. The van der Waals surface area contributed by atoms with Crippen molar-refractivity contribution >= 4 is 29.1 Å². The summed E-state index contributed by atoms with van der Waals surface area (Å²) >= 11 is 5.96. The van der Waals surface area contributed by atoms with E-state index in [9.17, 15) is 9.59 Å². The largest absolute Gasteiger partial charge is 0.283 e. The molecular weight excluding hydrogens is 328 g/mol. The minimum Gasteiger partial charge on any atom is -0.283 e. The molecule has 4 rings (SSSR count). The van der Waals surface area contributed by atoms with Gasteiger partial charge in [-0.15, -0.1) is 0 Å². The normalized spacial score (nSPS) is 26.2. The van der Waals surface area contributed by atoms with Gasteiger partial charge in [0.15, 0.2) is 6.10 Å². The Kier molecular flexibility index (Phi) is 3.55. The lowest BCUT2D eigenvalue weighted by Gasteiger charge is -2.28. The molecular formula is C18H15ClN2O3. The second-order valence-corrected chi connectivity index (χ2v) is 6.38. The first kappa shape index (κ1) is 15.2. The number of carbonyl (C=O) groups excluding carboxylic acids is 2. The third-order valence-electron chi connectivity index (χ3n) is 4.56. The van der Waals surface area contributed by atoms with Crippen LogP contribution in [0.3, 0.4) is 0 Å². The Balaban J connectivity index is 1.80. The smallest absolute Gasteiger partial charge is 0.261 e. The molecule has 2 aromatic carbocycles. The van der Waals surface area contributed by atoms with E-state index in [1.165, 1.54) is 7.05 Å². The first-order chi connectivity index (χ1) is 11.6. The number of rotatable bonds is 2. The van der Waals surface area contributed by atoms with E-state index in [4.69, 9.17) is 16.4 Å². The van der Waals surface area contributed by atoms with Gasteiger partial charge in [0.2, 0.25) is 5.91 Å². The Hall–Kier alpha value is -2.37. The highest BCUT2D eigenvalue weighted by atomic mass is 35.5. The highest BCUT2D eigenvalue weighted by Crippen LogP contribution is 2.46. The van der Waals surface area contributed by atoms with Crippen molar-refractivity contribution in [1.29, 1.82) is 0 Å². The average molecular weight is 343 g/mol. The minimum absolute atomic E-state index is 0.213. The molecule has 0 saturated carbocycles. The monoisotopic (exact) mass is 342 g/mol. The van der Waals surface area contributed by atoms with E-state index in [1.807, 2.05) is 42.5 Å². The van der Waals surface area contributed by atoms with E-state index >= 15 is 0 Å². The van der Waals surface area contributed by atoms with Gasteiger partial charge in [0.1, 0.15) is 5.92 Å². The van der Waals surface area contributed by atoms with Crippen LogP contribution >= 0.6 is 11.6 Å². The number of likely N-dealkylation sites (N-methyl/N-ethyl adjacent to an activating group) is 1. The summed E-state index contributed by atoms with van der Waals surface area (Å²) in [6, 6.07) is 16.4. The number of anilines is 1. The second kappa shape index (κ2) is 5.61. The molecule has 0 spiro atoms. The molecule has 5 nitrogen and oxygen atoms in total. The summed E-state index contributed by atoms with van der Waals surface area (Å²) in [7, 11) is 1.50. The molecule has 2 amide bonds.